The molecule has 99 heavy (non-hydrogen) atoms. The highest BCUT2D eigenvalue weighted by molar-refractivity contribution is 6.21. The summed E-state index contributed by atoms with van der Waals surface area (Å²) in [6, 6.07) is 36.8. The minimum atomic E-state index is -2.00. The number of carbonyl (C=O) groups excluding carboxylic acids is 7. The number of epoxide rings is 1. The summed E-state index contributed by atoms with van der Waals surface area (Å²) < 4.78 is 67.1. The molecule has 1 saturated carbocycles. The number of nitrogens with zero attached hydrogens (tertiary/aromatic N) is 1. The summed E-state index contributed by atoms with van der Waals surface area (Å²) in [5.74, 6) is -3.37. The molecule has 0 bridgehead atoms. The van der Waals surface area contributed by atoms with E-state index in [1.54, 1.807) is 140 Å². The maximum Gasteiger partial charge on any atom is 0.407 e. The van der Waals surface area contributed by atoms with Gasteiger partial charge in [-0.05, 0) is 59.6 Å². The fourth-order valence-electron chi connectivity index (χ4n) is 12.7. The van der Waals surface area contributed by atoms with Gasteiger partial charge in [-0.3, -0.25) is 19.3 Å². The molecular weight excluding hydrogens is 1290 g/mol. The minimum Gasteiger partial charge on any atom is -0.445 e. The second-order valence-corrected chi connectivity index (χ2v) is 24.6. The third-order valence-corrected chi connectivity index (χ3v) is 17.9. The molecule has 29 nitrogen and oxygen atoms in total. The number of Topliss-reactive ketones (excluding diaryl/α,β-unsaturated/α-hetero) is 1. The van der Waals surface area contributed by atoms with E-state index in [4.69, 9.17) is 52.1 Å². The number of amides is 6. The molecule has 11 rings (SSSR count). The van der Waals surface area contributed by atoms with Gasteiger partial charge in [0.15, 0.2) is 24.7 Å². The number of hydrogen-bond acceptors (Lipinski definition) is 24. The van der Waals surface area contributed by atoms with Crippen LogP contribution in [0.15, 0.2) is 146 Å². The van der Waals surface area contributed by atoms with E-state index >= 15 is 0 Å². The predicted molar refractivity (Wildman–Crippen MR) is 343 cm³/mol. The van der Waals surface area contributed by atoms with Gasteiger partial charge < -0.3 is 104 Å². The second kappa shape index (κ2) is 34.0. The first-order valence-corrected chi connectivity index (χ1v) is 32.4. The molecule has 1 aliphatic carbocycles. The van der Waals surface area contributed by atoms with Gasteiger partial charge in [0.2, 0.25) is 0 Å². The Kier molecular flexibility index (Phi) is 25.2. The number of ketones is 1. The van der Waals surface area contributed by atoms with Gasteiger partial charge in [0.1, 0.15) is 106 Å². The number of fused-ring (bicyclic) bond motifs is 2. The van der Waals surface area contributed by atoms with Crippen LogP contribution in [0.3, 0.4) is 0 Å². The third kappa shape index (κ3) is 18.1. The van der Waals surface area contributed by atoms with Gasteiger partial charge in [0.05, 0.1) is 42.5 Å². The summed E-state index contributed by atoms with van der Waals surface area (Å²) in [5.41, 5.74) is 2.85. The summed E-state index contributed by atoms with van der Waals surface area (Å²) in [6.07, 6.45) is -30.5. The average Bonchev–Trinajstić information content (AvgIpc) is 1.61. The van der Waals surface area contributed by atoms with Crippen molar-refractivity contribution in [3.63, 3.8) is 0 Å². The van der Waals surface area contributed by atoms with E-state index < -0.39 is 184 Å². The number of nitrogens with one attached hydrogen (secondary N) is 4. The molecule has 0 unspecified atom stereocenters. The Balaban J connectivity index is 0.0000106. The fraction of sp³-hybridized carbons (Fsp3) is 0.471. The van der Waals surface area contributed by atoms with Crippen LogP contribution in [0, 0.1) is 5.92 Å². The Morgan fingerprint density at radius 3 is 1.49 bits per heavy atom. The molecule has 4 saturated heterocycles. The lowest BCUT2D eigenvalue weighted by Crippen LogP contribution is -2.66. The minimum absolute atomic E-state index is 0. The first kappa shape index (κ1) is 73.2. The summed E-state index contributed by atoms with van der Waals surface area (Å²) in [4.78, 5) is 97.2. The smallest absolute Gasteiger partial charge is 0.407 e. The van der Waals surface area contributed by atoms with E-state index in [1.165, 1.54) is 12.1 Å². The molecule has 0 spiro atoms. The first-order valence-electron chi connectivity index (χ1n) is 32.4. The van der Waals surface area contributed by atoms with Crippen LogP contribution in [0.5, 0.6) is 0 Å². The molecule has 0 aromatic heterocycles. The maximum atomic E-state index is 14.3. The summed E-state index contributed by atoms with van der Waals surface area (Å²) >= 11 is 0. The van der Waals surface area contributed by atoms with Crippen LogP contribution in [-0.4, -0.2) is 214 Å². The van der Waals surface area contributed by atoms with E-state index in [9.17, 15) is 64.2 Å². The molecule has 6 amide bonds. The van der Waals surface area contributed by atoms with Crippen LogP contribution in [0.2, 0.25) is 0 Å². The van der Waals surface area contributed by atoms with E-state index in [0.717, 1.165) is 4.90 Å². The number of aliphatic hydroxyl groups is 6. The van der Waals surface area contributed by atoms with Crippen molar-refractivity contribution in [3.8, 4) is 0 Å². The maximum absolute atomic E-state index is 14.3. The lowest BCUT2D eigenvalue weighted by molar-refractivity contribution is -0.293. The topological polar surface area (TPSA) is 397 Å². The zero-order valence-corrected chi connectivity index (χ0v) is 53.2. The first-order chi connectivity index (χ1) is 47.4. The number of aliphatic hydroxyl groups excluding tert-OH is 6. The predicted octanol–water partition coefficient (Wildman–Crippen LogP) is 3.40. The van der Waals surface area contributed by atoms with E-state index in [1.807, 2.05) is 0 Å². The van der Waals surface area contributed by atoms with Crippen molar-refractivity contribution in [2.24, 2.45) is 5.92 Å². The van der Waals surface area contributed by atoms with Gasteiger partial charge in [-0.15, -0.1) is 0 Å². The lowest BCUT2D eigenvalue weighted by Gasteiger charge is -2.47. The molecule has 5 aromatic rings. The van der Waals surface area contributed by atoms with Crippen molar-refractivity contribution in [2.45, 2.75) is 183 Å². The van der Waals surface area contributed by atoms with Crippen LogP contribution in [0.4, 0.5) is 19.2 Å². The van der Waals surface area contributed by atoms with Gasteiger partial charge in [0.25, 0.3) is 11.8 Å². The van der Waals surface area contributed by atoms with Crippen LogP contribution >= 0.6 is 0 Å². The zero-order valence-electron chi connectivity index (χ0n) is 53.2. The van der Waals surface area contributed by atoms with Crippen LogP contribution in [0.1, 0.15) is 83.0 Å². The monoisotopic (exact) mass is 1380 g/mol. The molecule has 5 heterocycles. The standard InChI is InChI=1S/C69H79N5O24.CH4/c1-2-47-53(79)54(80)50(72-68(86)90-35-39-21-11-5-12-22-39)63(92-47)97-57-49(32-75)94-65(55(57)81)98-60-52(78)41(30-46(77)45(76)27-28-70-66(84)88-33-37-17-7-3-8-18-37)29-44(71-67(85)89-34-38-19-9-4-10-20-38)56(60)96-64-51(73-69(87)91-36-40-23-13-6-14-24-40)59-58(95-59)48(93-64)31-74-61(82)42-25-15-16-26-43(42)62(74)83;/h3-26,41,44-45,47-60,63-65,75-76,78-81H,2,27-36H2,1H3,(H,70,84)(H,71,85)(H,72,86)(H,73,87);1H4/t41-,44-,45-,47-,48+,49+,50+,51+,52-,53+,54+,55+,56+,57+,58-,59+,60+,63+,64+,65-;/m0./s1. The Bertz CT molecular complexity index is 3480. The van der Waals surface area contributed by atoms with Crippen LogP contribution < -0.4 is 21.3 Å². The molecule has 532 valence electrons. The fourth-order valence-corrected chi connectivity index (χ4v) is 12.7. The zero-order chi connectivity index (χ0) is 69.0. The quantitative estimate of drug-likeness (QED) is 0.0205. The molecule has 0 radical (unpaired) electrons. The Hall–Kier alpha value is -8.53. The Morgan fingerprint density at radius 1 is 0.515 bits per heavy atom. The summed E-state index contributed by atoms with van der Waals surface area (Å²) in [7, 11) is 0. The third-order valence-electron chi connectivity index (χ3n) is 17.9. The number of benzene rings is 5. The van der Waals surface area contributed by atoms with Gasteiger partial charge in [-0.1, -0.05) is 148 Å². The molecule has 5 aromatic carbocycles. The van der Waals surface area contributed by atoms with Crippen molar-refractivity contribution in [2.75, 3.05) is 19.7 Å². The number of carbonyl (C=O) groups is 7. The largest absolute Gasteiger partial charge is 0.445 e. The molecule has 6 aliphatic rings. The van der Waals surface area contributed by atoms with E-state index in [2.05, 4.69) is 21.3 Å². The Labute approximate surface area is 569 Å². The number of rotatable bonds is 27. The van der Waals surface area contributed by atoms with Crippen molar-refractivity contribution in [3.05, 3.63) is 179 Å². The van der Waals surface area contributed by atoms with E-state index in [0.29, 0.717) is 22.3 Å². The highest BCUT2D eigenvalue weighted by Gasteiger charge is 2.62. The lowest BCUT2D eigenvalue weighted by atomic mass is 9.76. The number of hydrogen-bond donors (Lipinski definition) is 10. The van der Waals surface area contributed by atoms with E-state index in [-0.39, 0.29) is 70.8 Å². The molecule has 20 atom stereocenters. The number of alkyl carbamates (subject to hydrolysis) is 4. The van der Waals surface area contributed by atoms with Crippen molar-refractivity contribution in [1.82, 2.24) is 26.2 Å². The van der Waals surface area contributed by atoms with Gasteiger partial charge in [0, 0.05) is 13.0 Å². The van der Waals surface area contributed by atoms with Crippen molar-refractivity contribution < 1.29 is 116 Å². The average molecular weight is 1380 g/mol. The van der Waals surface area contributed by atoms with Crippen LogP contribution in [0.25, 0.3) is 0 Å². The molecule has 5 aliphatic heterocycles. The molecule has 10 N–H and O–H groups in total. The highest BCUT2D eigenvalue weighted by Crippen LogP contribution is 2.43. The molecule has 5 fully saturated rings. The highest BCUT2D eigenvalue weighted by atomic mass is 16.8. The van der Waals surface area contributed by atoms with Crippen molar-refractivity contribution in [1.29, 1.82) is 0 Å². The normalized spacial score (nSPS) is 30.1. The SMILES string of the molecule is C.CC[C@@H]1O[C@H](O[C@H]2[C@@H](O)[C@H](O[C@@H]3[C@@H](O)[C@H](CC(=O)[C@@H](O)CCNC(=O)OCc4ccccc4)C[C@H](NC(=O)OCc4ccccc4)[C@H]3O[C@H]3O[C@H](CN4C(=O)c5ccccc5C4=O)[C@@H]4O[C@@H]4[C@H]3NC(=O)OCc3ccccc3)O[C@@H]2CO)[C@H](NC(=O)OCc2ccccc2)[C@@H](O)[C@@H]1O. The molecule has 29 heteroatoms. The second-order valence-electron chi connectivity index (χ2n) is 24.6. The van der Waals surface area contributed by atoms with Gasteiger partial charge >= 0.3 is 24.4 Å². The molecular formula is C70H83N5O24. The summed E-state index contributed by atoms with van der Waals surface area (Å²) in [6.45, 7) is -0.556. The van der Waals surface area contributed by atoms with Gasteiger partial charge in [-0.25, -0.2) is 19.2 Å². The Morgan fingerprint density at radius 2 is 0.970 bits per heavy atom. The van der Waals surface area contributed by atoms with Gasteiger partial charge in [-0.2, -0.15) is 0 Å². The number of imide groups is 1. The summed E-state index contributed by atoms with van der Waals surface area (Å²) in [5, 5.41) is 80.9. The van der Waals surface area contributed by atoms with Crippen molar-refractivity contribution >= 4 is 42.0 Å². The number of ether oxygens (including phenoxy) is 11. The van der Waals surface area contributed by atoms with Crippen LogP contribution in [-0.2, 0) is 83.3 Å².